The highest BCUT2D eigenvalue weighted by Gasteiger charge is 2.19. The summed E-state index contributed by atoms with van der Waals surface area (Å²) in [5, 5.41) is 14.6. The molecule has 8 nitrogen and oxygen atoms in total. The molecule has 160 valence electrons. The van der Waals surface area contributed by atoms with Crippen LogP contribution in [0.1, 0.15) is 23.0 Å². The van der Waals surface area contributed by atoms with E-state index in [0.717, 1.165) is 29.9 Å². The molecule has 0 spiro atoms. The normalized spacial score (nSPS) is 13.9. The predicted octanol–water partition coefficient (Wildman–Crippen LogP) is 2.62. The van der Waals surface area contributed by atoms with Crippen molar-refractivity contribution in [3.8, 4) is 11.3 Å². The Balaban J connectivity index is 1.40. The van der Waals surface area contributed by atoms with Gasteiger partial charge in [-0.25, -0.2) is 9.97 Å². The Bertz CT molecular complexity index is 1070. The van der Waals surface area contributed by atoms with Gasteiger partial charge in [0, 0.05) is 44.0 Å². The molecule has 9 heteroatoms. The van der Waals surface area contributed by atoms with Gasteiger partial charge in [-0.2, -0.15) is 0 Å². The van der Waals surface area contributed by atoms with Gasteiger partial charge in [-0.1, -0.05) is 24.3 Å². The van der Waals surface area contributed by atoms with Crippen molar-refractivity contribution in [3.05, 3.63) is 59.2 Å². The fraction of sp³-hybridized carbons (Fsp3) is 0.273. The minimum atomic E-state index is -0.329. The molecule has 3 aromatic rings. The fourth-order valence-electron chi connectivity index (χ4n) is 3.51. The molecule has 0 atom stereocenters. The second-order valence-electron chi connectivity index (χ2n) is 7.20. The number of hydrogen-bond donors (Lipinski definition) is 2. The zero-order valence-corrected chi connectivity index (χ0v) is 17.9. The third-order valence-electron chi connectivity index (χ3n) is 5.26. The molecule has 0 saturated carbocycles. The van der Waals surface area contributed by atoms with Crippen molar-refractivity contribution in [3.63, 3.8) is 0 Å². The SMILES string of the molecule is CC(=O)N1CCN(c2ccc(C(=O)Nc3nc(-c4ccccc4CO)cs3)nc2)CC1. The van der Waals surface area contributed by atoms with Crippen molar-refractivity contribution < 1.29 is 14.7 Å². The molecule has 2 N–H and O–H groups in total. The van der Waals surface area contributed by atoms with Crippen LogP contribution in [0.25, 0.3) is 11.3 Å². The number of pyridine rings is 1. The Hall–Kier alpha value is -3.30. The molecule has 2 amide bonds. The molecular formula is C22H23N5O3S. The number of rotatable bonds is 5. The summed E-state index contributed by atoms with van der Waals surface area (Å²) in [6, 6.07) is 11.1. The number of nitrogens with zero attached hydrogens (tertiary/aromatic N) is 4. The van der Waals surface area contributed by atoms with Gasteiger partial charge in [0.15, 0.2) is 5.13 Å². The maximum atomic E-state index is 12.6. The molecule has 1 aliphatic heterocycles. The number of anilines is 2. The largest absolute Gasteiger partial charge is 0.392 e. The van der Waals surface area contributed by atoms with Gasteiger partial charge in [0.1, 0.15) is 5.69 Å². The fourth-order valence-corrected chi connectivity index (χ4v) is 4.22. The van der Waals surface area contributed by atoms with Crippen LogP contribution in [0.3, 0.4) is 0 Å². The van der Waals surface area contributed by atoms with Crippen LogP contribution in [0.15, 0.2) is 48.0 Å². The number of amides is 2. The lowest BCUT2D eigenvalue weighted by Gasteiger charge is -2.35. The lowest BCUT2D eigenvalue weighted by molar-refractivity contribution is -0.129. The summed E-state index contributed by atoms with van der Waals surface area (Å²) < 4.78 is 0. The van der Waals surface area contributed by atoms with Gasteiger partial charge in [0.05, 0.1) is 24.2 Å². The number of benzene rings is 1. The van der Waals surface area contributed by atoms with Gasteiger partial charge in [-0.15, -0.1) is 11.3 Å². The van der Waals surface area contributed by atoms with Crippen LogP contribution in [-0.4, -0.2) is 58.0 Å². The topological polar surface area (TPSA) is 98.7 Å². The van der Waals surface area contributed by atoms with E-state index in [9.17, 15) is 14.7 Å². The number of aromatic nitrogens is 2. The third-order valence-corrected chi connectivity index (χ3v) is 6.02. The summed E-state index contributed by atoms with van der Waals surface area (Å²) in [6.45, 7) is 4.36. The van der Waals surface area contributed by atoms with Gasteiger partial charge in [-0.3, -0.25) is 14.9 Å². The van der Waals surface area contributed by atoms with E-state index in [2.05, 4.69) is 20.2 Å². The average Bonchev–Trinajstić information content (AvgIpc) is 3.27. The minimum absolute atomic E-state index is 0.0739. The standard InChI is InChI=1S/C22H23N5O3S/c1-15(29)26-8-10-27(11-9-26)17-6-7-19(23-12-17)21(30)25-22-24-20(14-31-22)18-5-3-2-4-16(18)13-28/h2-7,12,14,28H,8-11,13H2,1H3,(H,24,25,30). The van der Waals surface area contributed by atoms with Crippen LogP contribution >= 0.6 is 11.3 Å². The lowest BCUT2D eigenvalue weighted by Crippen LogP contribution is -2.48. The second-order valence-corrected chi connectivity index (χ2v) is 8.06. The number of carbonyl (C=O) groups excluding carboxylic acids is 2. The van der Waals surface area contributed by atoms with Crippen molar-refractivity contribution in [1.29, 1.82) is 0 Å². The molecule has 0 radical (unpaired) electrons. The smallest absolute Gasteiger partial charge is 0.276 e. The Kier molecular flexibility index (Phi) is 6.24. The monoisotopic (exact) mass is 437 g/mol. The van der Waals surface area contributed by atoms with E-state index in [4.69, 9.17) is 0 Å². The molecule has 0 aliphatic carbocycles. The Morgan fingerprint density at radius 2 is 1.90 bits per heavy atom. The van der Waals surface area contributed by atoms with Gasteiger partial charge in [-0.05, 0) is 17.7 Å². The van der Waals surface area contributed by atoms with Crippen molar-refractivity contribution >= 4 is 34.0 Å². The summed E-state index contributed by atoms with van der Waals surface area (Å²) >= 11 is 1.32. The molecular weight excluding hydrogens is 414 g/mol. The quantitative estimate of drug-likeness (QED) is 0.637. The van der Waals surface area contributed by atoms with Gasteiger partial charge in [0.2, 0.25) is 5.91 Å². The number of piperazine rings is 1. The van der Waals surface area contributed by atoms with Crippen LogP contribution in [0, 0.1) is 0 Å². The summed E-state index contributed by atoms with van der Waals surface area (Å²) in [6.07, 6.45) is 1.68. The van der Waals surface area contributed by atoms with Crippen LogP contribution in [0.5, 0.6) is 0 Å². The molecule has 1 aliphatic rings. The lowest BCUT2D eigenvalue weighted by atomic mass is 10.1. The number of carbonyl (C=O) groups is 2. The highest BCUT2D eigenvalue weighted by atomic mass is 32.1. The van der Waals surface area contributed by atoms with Crippen LogP contribution in [0.4, 0.5) is 10.8 Å². The molecule has 0 bridgehead atoms. The maximum absolute atomic E-state index is 12.6. The Labute approximate surface area is 184 Å². The van der Waals surface area contributed by atoms with Crippen molar-refractivity contribution in [1.82, 2.24) is 14.9 Å². The second kappa shape index (κ2) is 9.23. The summed E-state index contributed by atoms with van der Waals surface area (Å²) in [5.41, 5.74) is 3.56. The number of aliphatic hydroxyl groups is 1. The minimum Gasteiger partial charge on any atom is -0.392 e. The first-order chi connectivity index (χ1) is 15.0. The number of hydrogen-bond acceptors (Lipinski definition) is 7. The summed E-state index contributed by atoms with van der Waals surface area (Å²) in [5.74, 6) is -0.237. The van der Waals surface area contributed by atoms with Crippen LogP contribution in [-0.2, 0) is 11.4 Å². The van der Waals surface area contributed by atoms with Crippen LogP contribution < -0.4 is 10.2 Å². The van der Waals surface area contributed by atoms with E-state index in [-0.39, 0.29) is 18.4 Å². The number of thiazole rings is 1. The molecule has 1 fully saturated rings. The highest BCUT2D eigenvalue weighted by molar-refractivity contribution is 7.14. The first-order valence-corrected chi connectivity index (χ1v) is 10.9. The molecule has 3 heterocycles. The van der Waals surface area contributed by atoms with Gasteiger partial charge in [0.25, 0.3) is 5.91 Å². The summed E-state index contributed by atoms with van der Waals surface area (Å²) in [4.78, 5) is 36.8. The van der Waals surface area contributed by atoms with E-state index >= 15 is 0 Å². The Morgan fingerprint density at radius 1 is 1.13 bits per heavy atom. The van der Waals surface area contributed by atoms with Gasteiger partial charge < -0.3 is 14.9 Å². The molecule has 4 rings (SSSR count). The van der Waals surface area contributed by atoms with E-state index in [1.807, 2.05) is 40.6 Å². The summed E-state index contributed by atoms with van der Waals surface area (Å²) in [7, 11) is 0. The molecule has 0 unspecified atom stereocenters. The van der Waals surface area contributed by atoms with Crippen LogP contribution in [0.2, 0.25) is 0 Å². The number of nitrogens with one attached hydrogen (secondary N) is 1. The first-order valence-electron chi connectivity index (χ1n) is 9.97. The highest BCUT2D eigenvalue weighted by Crippen LogP contribution is 2.28. The zero-order chi connectivity index (χ0) is 21.8. The maximum Gasteiger partial charge on any atom is 0.276 e. The van der Waals surface area contributed by atoms with E-state index in [1.165, 1.54) is 11.3 Å². The molecule has 31 heavy (non-hydrogen) atoms. The van der Waals surface area contributed by atoms with Crippen molar-refractivity contribution in [2.24, 2.45) is 0 Å². The molecule has 1 saturated heterocycles. The average molecular weight is 438 g/mol. The third kappa shape index (κ3) is 4.73. The number of aliphatic hydroxyl groups excluding tert-OH is 1. The van der Waals surface area contributed by atoms with Crippen molar-refractivity contribution in [2.45, 2.75) is 13.5 Å². The van der Waals surface area contributed by atoms with E-state index in [0.29, 0.717) is 29.6 Å². The van der Waals surface area contributed by atoms with Crippen molar-refractivity contribution in [2.75, 3.05) is 36.4 Å². The predicted molar refractivity (Wildman–Crippen MR) is 120 cm³/mol. The van der Waals surface area contributed by atoms with E-state index < -0.39 is 0 Å². The molecule has 2 aromatic heterocycles. The van der Waals surface area contributed by atoms with Gasteiger partial charge >= 0.3 is 0 Å². The first kappa shape index (κ1) is 21.0. The van der Waals surface area contributed by atoms with E-state index in [1.54, 1.807) is 19.2 Å². The molecule has 1 aromatic carbocycles. The Morgan fingerprint density at radius 3 is 2.58 bits per heavy atom. The zero-order valence-electron chi connectivity index (χ0n) is 17.1.